The molecule has 0 aliphatic heterocycles. The molecule has 6 nitrogen and oxygen atoms in total. The SMILES string of the molecule is CC(C)(C)OC(=O)NNc1ccccc1C(=O)O. The fraction of sp³-hybridized carbons (Fsp3) is 0.333. The second kappa shape index (κ2) is 5.39. The maximum Gasteiger partial charge on any atom is 0.426 e. The molecule has 0 radical (unpaired) electrons. The molecule has 0 fully saturated rings. The summed E-state index contributed by atoms with van der Waals surface area (Å²) in [6, 6.07) is 6.23. The van der Waals surface area contributed by atoms with Crippen molar-refractivity contribution < 1.29 is 19.4 Å². The summed E-state index contributed by atoms with van der Waals surface area (Å²) in [6.07, 6.45) is -0.678. The second-order valence-electron chi connectivity index (χ2n) is 4.60. The van der Waals surface area contributed by atoms with Crippen molar-refractivity contribution in [2.24, 2.45) is 0 Å². The van der Waals surface area contributed by atoms with Crippen LogP contribution < -0.4 is 10.9 Å². The van der Waals surface area contributed by atoms with Gasteiger partial charge in [-0.25, -0.2) is 15.0 Å². The maximum absolute atomic E-state index is 11.4. The second-order valence-corrected chi connectivity index (χ2v) is 4.60. The van der Waals surface area contributed by atoms with Crippen LogP contribution in [0.1, 0.15) is 31.1 Å². The molecule has 0 aromatic heterocycles. The van der Waals surface area contributed by atoms with E-state index in [2.05, 4.69) is 10.9 Å². The van der Waals surface area contributed by atoms with Crippen molar-refractivity contribution in [3.63, 3.8) is 0 Å². The minimum absolute atomic E-state index is 0.0635. The highest BCUT2D eigenvalue weighted by Crippen LogP contribution is 2.14. The van der Waals surface area contributed by atoms with Crippen LogP contribution in [-0.2, 0) is 4.74 Å². The Morgan fingerprint density at radius 2 is 1.83 bits per heavy atom. The summed E-state index contributed by atoms with van der Waals surface area (Å²) in [5.41, 5.74) is 4.53. The molecule has 1 rings (SSSR count). The Bertz CT molecular complexity index is 452. The molecule has 1 amide bonds. The number of para-hydroxylation sites is 1. The van der Waals surface area contributed by atoms with E-state index in [9.17, 15) is 9.59 Å². The molecule has 0 saturated heterocycles. The molecular formula is C12H16N2O4. The van der Waals surface area contributed by atoms with E-state index in [1.54, 1.807) is 39.0 Å². The maximum atomic E-state index is 11.4. The quantitative estimate of drug-likeness (QED) is 0.718. The van der Waals surface area contributed by atoms with Gasteiger partial charge >= 0.3 is 12.1 Å². The molecular weight excluding hydrogens is 236 g/mol. The van der Waals surface area contributed by atoms with E-state index < -0.39 is 17.7 Å². The van der Waals surface area contributed by atoms with Gasteiger partial charge in [0.25, 0.3) is 0 Å². The fourth-order valence-corrected chi connectivity index (χ4v) is 1.20. The average Bonchev–Trinajstić information content (AvgIpc) is 2.24. The summed E-state index contributed by atoms with van der Waals surface area (Å²) < 4.78 is 5.00. The Labute approximate surface area is 105 Å². The standard InChI is InChI=1S/C12H16N2O4/c1-12(2,3)18-11(17)14-13-9-7-5-4-6-8(9)10(15)16/h4-7,13H,1-3H3,(H,14,17)(H,15,16). The Balaban J connectivity index is 2.64. The van der Waals surface area contributed by atoms with Crippen molar-refractivity contribution in [1.82, 2.24) is 5.43 Å². The number of carbonyl (C=O) groups is 2. The third-order valence-electron chi connectivity index (χ3n) is 1.86. The number of anilines is 1. The Kier molecular flexibility index (Phi) is 4.14. The van der Waals surface area contributed by atoms with Crippen LogP contribution in [0.25, 0.3) is 0 Å². The molecule has 0 aliphatic rings. The van der Waals surface area contributed by atoms with Gasteiger partial charge in [0.1, 0.15) is 5.60 Å². The van der Waals surface area contributed by atoms with Gasteiger partial charge in [0, 0.05) is 0 Å². The molecule has 3 N–H and O–H groups in total. The molecule has 1 aromatic rings. The predicted molar refractivity (Wildman–Crippen MR) is 66.4 cm³/mol. The van der Waals surface area contributed by atoms with Gasteiger partial charge in [-0.1, -0.05) is 12.1 Å². The summed E-state index contributed by atoms with van der Waals surface area (Å²) in [5.74, 6) is -1.08. The first-order valence-corrected chi connectivity index (χ1v) is 5.37. The van der Waals surface area contributed by atoms with E-state index in [4.69, 9.17) is 9.84 Å². The smallest absolute Gasteiger partial charge is 0.426 e. The molecule has 98 valence electrons. The lowest BCUT2D eigenvalue weighted by molar-refractivity contribution is 0.0539. The van der Waals surface area contributed by atoms with E-state index in [0.717, 1.165) is 0 Å². The Hall–Kier alpha value is -2.24. The lowest BCUT2D eigenvalue weighted by atomic mass is 10.2. The van der Waals surface area contributed by atoms with E-state index in [1.807, 2.05) is 0 Å². The van der Waals surface area contributed by atoms with Crippen LogP contribution in [0.2, 0.25) is 0 Å². The van der Waals surface area contributed by atoms with Gasteiger partial charge in [0.2, 0.25) is 0 Å². The number of rotatable bonds is 3. The van der Waals surface area contributed by atoms with Crippen molar-refractivity contribution in [3.05, 3.63) is 29.8 Å². The van der Waals surface area contributed by atoms with Crippen LogP contribution in [0.3, 0.4) is 0 Å². The summed E-state index contributed by atoms with van der Waals surface area (Å²) >= 11 is 0. The highest BCUT2D eigenvalue weighted by molar-refractivity contribution is 5.94. The van der Waals surface area contributed by atoms with E-state index >= 15 is 0 Å². The molecule has 18 heavy (non-hydrogen) atoms. The summed E-state index contributed by atoms with van der Waals surface area (Å²) in [7, 11) is 0. The molecule has 0 atom stereocenters. The van der Waals surface area contributed by atoms with Gasteiger partial charge in [-0.05, 0) is 32.9 Å². The number of carboxylic acid groups (broad SMARTS) is 1. The van der Waals surface area contributed by atoms with Gasteiger partial charge in [0.15, 0.2) is 0 Å². The lowest BCUT2D eigenvalue weighted by Crippen LogP contribution is -2.36. The van der Waals surface area contributed by atoms with Gasteiger partial charge in [-0.3, -0.25) is 5.43 Å². The highest BCUT2D eigenvalue weighted by atomic mass is 16.6. The van der Waals surface area contributed by atoms with Crippen molar-refractivity contribution >= 4 is 17.7 Å². The van der Waals surface area contributed by atoms with Crippen LogP contribution >= 0.6 is 0 Å². The average molecular weight is 252 g/mol. The number of ether oxygens (including phenoxy) is 1. The third kappa shape index (κ3) is 4.32. The number of nitrogens with one attached hydrogen (secondary N) is 2. The summed E-state index contributed by atoms with van der Waals surface area (Å²) in [5, 5.41) is 8.93. The van der Waals surface area contributed by atoms with Gasteiger partial charge in [-0.15, -0.1) is 0 Å². The van der Waals surface area contributed by atoms with Crippen LogP contribution in [-0.4, -0.2) is 22.8 Å². The lowest BCUT2D eigenvalue weighted by Gasteiger charge is -2.20. The van der Waals surface area contributed by atoms with E-state index in [-0.39, 0.29) is 11.3 Å². The Morgan fingerprint density at radius 3 is 2.39 bits per heavy atom. The first-order valence-electron chi connectivity index (χ1n) is 5.37. The first-order chi connectivity index (χ1) is 8.29. The molecule has 0 heterocycles. The third-order valence-corrected chi connectivity index (χ3v) is 1.86. The monoisotopic (exact) mass is 252 g/mol. The summed E-state index contributed by atoms with van der Waals surface area (Å²) in [6.45, 7) is 5.20. The largest absolute Gasteiger partial charge is 0.478 e. The van der Waals surface area contributed by atoms with Gasteiger partial charge < -0.3 is 9.84 Å². The minimum atomic E-state index is -1.08. The Morgan fingerprint density at radius 1 is 1.22 bits per heavy atom. The number of carboxylic acids is 1. The zero-order valence-electron chi connectivity index (χ0n) is 10.5. The van der Waals surface area contributed by atoms with Crippen molar-refractivity contribution in [1.29, 1.82) is 0 Å². The zero-order chi connectivity index (χ0) is 13.8. The molecule has 0 bridgehead atoms. The van der Waals surface area contributed by atoms with Crippen molar-refractivity contribution in [2.75, 3.05) is 5.43 Å². The van der Waals surface area contributed by atoms with Crippen molar-refractivity contribution in [3.8, 4) is 0 Å². The molecule has 0 spiro atoms. The molecule has 0 aliphatic carbocycles. The summed E-state index contributed by atoms with van der Waals surface area (Å²) in [4.78, 5) is 22.3. The van der Waals surface area contributed by atoms with Crippen LogP contribution in [0.5, 0.6) is 0 Å². The molecule has 6 heteroatoms. The number of hydrazine groups is 1. The topological polar surface area (TPSA) is 87.7 Å². The zero-order valence-corrected chi connectivity index (χ0v) is 10.5. The van der Waals surface area contributed by atoms with Crippen LogP contribution in [0.4, 0.5) is 10.5 Å². The van der Waals surface area contributed by atoms with E-state index in [1.165, 1.54) is 6.07 Å². The predicted octanol–water partition coefficient (Wildman–Crippen LogP) is 2.24. The normalized spacial score (nSPS) is 10.6. The first kappa shape index (κ1) is 13.8. The van der Waals surface area contributed by atoms with Crippen LogP contribution in [0.15, 0.2) is 24.3 Å². The number of hydrogen-bond acceptors (Lipinski definition) is 4. The van der Waals surface area contributed by atoms with E-state index in [0.29, 0.717) is 0 Å². The van der Waals surface area contributed by atoms with Gasteiger partial charge in [0.05, 0.1) is 11.3 Å². The minimum Gasteiger partial charge on any atom is -0.478 e. The number of carbonyl (C=O) groups excluding carboxylic acids is 1. The molecule has 1 aromatic carbocycles. The number of aromatic carboxylic acids is 1. The highest BCUT2D eigenvalue weighted by Gasteiger charge is 2.16. The number of amides is 1. The number of benzene rings is 1. The van der Waals surface area contributed by atoms with Crippen LogP contribution in [0, 0.1) is 0 Å². The van der Waals surface area contributed by atoms with Gasteiger partial charge in [-0.2, -0.15) is 0 Å². The van der Waals surface area contributed by atoms with Crippen molar-refractivity contribution in [2.45, 2.75) is 26.4 Å². The fourth-order valence-electron chi connectivity index (χ4n) is 1.20. The number of hydrogen-bond donors (Lipinski definition) is 3. The molecule has 0 unspecified atom stereocenters. The molecule has 0 saturated carbocycles.